The first kappa shape index (κ1) is 16.7. The number of nitrogens with one attached hydrogen (secondary N) is 1. The Morgan fingerprint density at radius 1 is 1.39 bits per heavy atom. The molecular formula is C15H12ClFN2O4. The molecule has 2 aromatic carbocycles. The van der Waals surface area contributed by atoms with Crippen LogP contribution in [0.4, 0.5) is 15.8 Å². The minimum absolute atomic E-state index is 0.0109. The zero-order chi connectivity index (χ0) is 17.1. The molecular weight excluding hydrogens is 327 g/mol. The third-order valence-electron chi connectivity index (χ3n) is 3.25. The summed E-state index contributed by atoms with van der Waals surface area (Å²) in [6.45, 7) is 1.54. The summed E-state index contributed by atoms with van der Waals surface area (Å²) in [6, 6.07) is 7.68. The van der Waals surface area contributed by atoms with Crippen LogP contribution in [0.1, 0.15) is 18.4 Å². The zero-order valence-electron chi connectivity index (χ0n) is 11.9. The lowest BCUT2D eigenvalue weighted by atomic mass is 10.00. The highest BCUT2D eigenvalue weighted by Crippen LogP contribution is 2.37. The number of anilines is 1. The quantitative estimate of drug-likeness (QED) is 0.503. The highest BCUT2D eigenvalue weighted by molar-refractivity contribution is 6.31. The number of hydrogen-bond donors (Lipinski definition) is 2. The molecule has 0 saturated carbocycles. The van der Waals surface area contributed by atoms with Crippen LogP contribution in [-0.4, -0.2) is 15.9 Å². The molecule has 0 fully saturated rings. The van der Waals surface area contributed by atoms with E-state index in [0.29, 0.717) is 5.56 Å². The number of phenolic OH excluding ortho intramolecular Hbond substituents is 1. The highest BCUT2D eigenvalue weighted by atomic mass is 35.5. The average Bonchev–Trinajstić information content (AvgIpc) is 2.49. The summed E-state index contributed by atoms with van der Waals surface area (Å²) in [5, 5.41) is 23.0. The molecule has 0 radical (unpaired) electrons. The summed E-state index contributed by atoms with van der Waals surface area (Å²) in [5.41, 5.74) is -0.373. The van der Waals surface area contributed by atoms with Gasteiger partial charge < -0.3 is 10.4 Å². The van der Waals surface area contributed by atoms with E-state index < -0.39 is 34.0 Å². The van der Waals surface area contributed by atoms with Gasteiger partial charge >= 0.3 is 5.69 Å². The van der Waals surface area contributed by atoms with Crippen molar-refractivity contribution < 1.29 is 19.2 Å². The van der Waals surface area contributed by atoms with Crippen LogP contribution in [0.5, 0.6) is 5.75 Å². The minimum Gasteiger partial charge on any atom is -0.501 e. The predicted molar refractivity (Wildman–Crippen MR) is 83.2 cm³/mol. The van der Waals surface area contributed by atoms with Crippen LogP contribution in [0.2, 0.25) is 5.02 Å². The summed E-state index contributed by atoms with van der Waals surface area (Å²) >= 11 is 5.75. The van der Waals surface area contributed by atoms with Crippen LogP contribution in [-0.2, 0) is 4.79 Å². The Hall–Kier alpha value is -2.67. The second-order valence-corrected chi connectivity index (χ2v) is 5.28. The van der Waals surface area contributed by atoms with Gasteiger partial charge in [0, 0.05) is 11.1 Å². The van der Waals surface area contributed by atoms with Crippen molar-refractivity contribution in [3.63, 3.8) is 0 Å². The second kappa shape index (κ2) is 6.62. The van der Waals surface area contributed by atoms with Gasteiger partial charge in [-0.15, -0.1) is 0 Å². The molecule has 0 aliphatic rings. The number of halogens is 2. The average molecular weight is 339 g/mol. The van der Waals surface area contributed by atoms with E-state index in [9.17, 15) is 24.4 Å². The van der Waals surface area contributed by atoms with Crippen molar-refractivity contribution in [2.24, 2.45) is 0 Å². The molecule has 1 unspecified atom stereocenters. The molecule has 6 nitrogen and oxygen atoms in total. The number of amides is 1. The molecule has 0 bridgehead atoms. The Morgan fingerprint density at radius 2 is 2.09 bits per heavy atom. The van der Waals surface area contributed by atoms with E-state index in [-0.39, 0.29) is 10.7 Å². The van der Waals surface area contributed by atoms with E-state index in [2.05, 4.69) is 5.32 Å². The van der Waals surface area contributed by atoms with Gasteiger partial charge in [-0.3, -0.25) is 14.9 Å². The van der Waals surface area contributed by atoms with Crippen molar-refractivity contribution in [3.8, 4) is 5.75 Å². The van der Waals surface area contributed by atoms with Crippen LogP contribution >= 0.6 is 11.6 Å². The molecule has 0 heterocycles. The van der Waals surface area contributed by atoms with Crippen LogP contribution in [0.15, 0.2) is 36.4 Å². The maximum absolute atomic E-state index is 13.2. The lowest BCUT2D eigenvalue weighted by molar-refractivity contribution is -0.385. The molecule has 1 amide bonds. The molecule has 1 atom stereocenters. The Balaban J connectivity index is 2.28. The van der Waals surface area contributed by atoms with Crippen molar-refractivity contribution in [1.82, 2.24) is 0 Å². The molecule has 2 rings (SSSR count). The van der Waals surface area contributed by atoms with Crippen LogP contribution < -0.4 is 5.32 Å². The minimum atomic E-state index is -0.813. The second-order valence-electron chi connectivity index (χ2n) is 4.84. The summed E-state index contributed by atoms with van der Waals surface area (Å²) in [6.07, 6.45) is 0. The summed E-state index contributed by atoms with van der Waals surface area (Å²) in [7, 11) is 0. The largest absolute Gasteiger partial charge is 0.501 e. The number of aromatic hydroxyl groups is 1. The highest BCUT2D eigenvalue weighted by Gasteiger charge is 2.22. The standard InChI is InChI=1S/C15H12ClFN2O4/c1-8(9-3-2-4-11(17)5-9)15(21)18-12-6-10(16)7-13(14(12)20)19(22)23/h2-8,20H,1H3,(H,18,21). The van der Waals surface area contributed by atoms with E-state index >= 15 is 0 Å². The van der Waals surface area contributed by atoms with Crippen molar-refractivity contribution in [2.75, 3.05) is 5.32 Å². The molecule has 0 saturated heterocycles. The number of carbonyl (C=O) groups is 1. The summed E-state index contributed by atoms with van der Waals surface area (Å²) in [5.74, 6) is -2.48. The fraction of sp³-hybridized carbons (Fsp3) is 0.133. The molecule has 2 aromatic rings. The smallest absolute Gasteiger partial charge is 0.314 e. The molecule has 0 aliphatic carbocycles. The number of hydrogen-bond acceptors (Lipinski definition) is 4. The van der Waals surface area contributed by atoms with E-state index in [1.165, 1.54) is 24.3 Å². The Morgan fingerprint density at radius 3 is 2.70 bits per heavy atom. The fourth-order valence-electron chi connectivity index (χ4n) is 1.99. The van der Waals surface area contributed by atoms with E-state index in [0.717, 1.165) is 6.07 Å². The van der Waals surface area contributed by atoms with Gasteiger partial charge in [0.15, 0.2) is 0 Å². The normalized spacial score (nSPS) is 11.8. The first-order valence-corrected chi connectivity index (χ1v) is 6.90. The third-order valence-corrected chi connectivity index (χ3v) is 3.47. The lowest BCUT2D eigenvalue weighted by Crippen LogP contribution is -2.19. The van der Waals surface area contributed by atoms with Gasteiger partial charge in [-0.2, -0.15) is 0 Å². The molecule has 120 valence electrons. The molecule has 8 heteroatoms. The van der Waals surface area contributed by atoms with Gasteiger partial charge in [0.2, 0.25) is 11.7 Å². The van der Waals surface area contributed by atoms with E-state index in [1.807, 2.05) is 0 Å². The van der Waals surface area contributed by atoms with Crippen molar-refractivity contribution in [2.45, 2.75) is 12.8 Å². The molecule has 2 N–H and O–H groups in total. The number of phenols is 1. The number of nitro benzene ring substituents is 1. The lowest BCUT2D eigenvalue weighted by Gasteiger charge is -2.14. The van der Waals surface area contributed by atoms with Gasteiger partial charge in [-0.25, -0.2) is 4.39 Å². The molecule has 0 spiro atoms. The monoisotopic (exact) mass is 338 g/mol. The number of nitrogens with zero attached hydrogens (tertiary/aromatic N) is 1. The first-order chi connectivity index (χ1) is 10.8. The number of nitro groups is 1. The SMILES string of the molecule is CC(C(=O)Nc1cc(Cl)cc([N+](=O)[O-])c1O)c1cccc(F)c1. The maximum atomic E-state index is 13.2. The van der Waals surface area contributed by atoms with Gasteiger partial charge in [-0.1, -0.05) is 23.7 Å². The van der Waals surface area contributed by atoms with E-state index in [1.54, 1.807) is 13.0 Å². The van der Waals surface area contributed by atoms with Crippen molar-refractivity contribution >= 4 is 28.9 Å². The van der Waals surface area contributed by atoms with Crippen molar-refractivity contribution in [1.29, 1.82) is 0 Å². The topological polar surface area (TPSA) is 92.5 Å². The number of benzene rings is 2. The summed E-state index contributed by atoms with van der Waals surface area (Å²) < 4.78 is 13.2. The Bertz CT molecular complexity index is 782. The zero-order valence-corrected chi connectivity index (χ0v) is 12.7. The predicted octanol–water partition coefficient (Wildman–Crippen LogP) is 3.84. The Labute approximate surface area is 135 Å². The first-order valence-electron chi connectivity index (χ1n) is 6.53. The molecule has 0 aliphatic heterocycles. The van der Waals surface area contributed by atoms with Crippen LogP contribution in [0.3, 0.4) is 0 Å². The maximum Gasteiger partial charge on any atom is 0.314 e. The van der Waals surface area contributed by atoms with Gasteiger partial charge in [0.1, 0.15) is 5.82 Å². The van der Waals surface area contributed by atoms with Crippen molar-refractivity contribution in [3.05, 3.63) is 62.9 Å². The van der Waals surface area contributed by atoms with Crippen LogP contribution in [0, 0.1) is 15.9 Å². The summed E-state index contributed by atoms with van der Waals surface area (Å²) in [4.78, 5) is 22.2. The van der Waals surface area contributed by atoms with Crippen LogP contribution in [0.25, 0.3) is 0 Å². The molecule has 23 heavy (non-hydrogen) atoms. The number of rotatable bonds is 4. The fourth-order valence-corrected chi connectivity index (χ4v) is 2.20. The van der Waals surface area contributed by atoms with Gasteiger partial charge in [-0.05, 0) is 30.7 Å². The van der Waals surface area contributed by atoms with Gasteiger partial charge in [0.25, 0.3) is 0 Å². The van der Waals surface area contributed by atoms with Gasteiger partial charge in [0.05, 0.1) is 16.5 Å². The molecule has 0 aromatic heterocycles. The Kier molecular flexibility index (Phi) is 4.80. The van der Waals surface area contributed by atoms with E-state index in [4.69, 9.17) is 11.6 Å². The third kappa shape index (κ3) is 3.75. The number of carbonyl (C=O) groups excluding carboxylic acids is 1.